The molecule has 35 heavy (non-hydrogen) atoms. The lowest BCUT2D eigenvalue weighted by Crippen LogP contribution is -2.20. The maximum absolute atomic E-state index is 12.8. The van der Waals surface area contributed by atoms with Crippen molar-refractivity contribution >= 4 is 23.5 Å². The SMILES string of the molecule is COc1ccc(C)cc1NC(=O)COc1ccc2c(c1)O/C(=C/c1cccc(OC)c1OC)C2=O. The lowest BCUT2D eigenvalue weighted by atomic mass is 10.1. The highest BCUT2D eigenvalue weighted by Gasteiger charge is 2.28. The number of methoxy groups -OCH3 is 3. The first-order chi connectivity index (χ1) is 16.9. The van der Waals surface area contributed by atoms with E-state index in [1.165, 1.54) is 14.2 Å². The molecule has 1 N–H and O–H groups in total. The first kappa shape index (κ1) is 23.7. The Kier molecular flexibility index (Phi) is 6.91. The van der Waals surface area contributed by atoms with Gasteiger partial charge in [0, 0.05) is 11.6 Å². The summed E-state index contributed by atoms with van der Waals surface area (Å²) < 4.78 is 27.4. The summed E-state index contributed by atoms with van der Waals surface area (Å²) in [5.41, 5.74) is 2.59. The zero-order valence-electron chi connectivity index (χ0n) is 19.8. The summed E-state index contributed by atoms with van der Waals surface area (Å²) in [6.45, 7) is 1.69. The van der Waals surface area contributed by atoms with E-state index in [1.807, 2.05) is 19.1 Å². The largest absolute Gasteiger partial charge is 0.495 e. The number of nitrogens with one attached hydrogen (secondary N) is 1. The molecular weight excluding hydrogens is 450 g/mol. The van der Waals surface area contributed by atoms with Crippen LogP contribution in [0.5, 0.6) is 28.7 Å². The quantitative estimate of drug-likeness (QED) is 0.474. The van der Waals surface area contributed by atoms with Gasteiger partial charge in [0.1, 0.15) is 17.2 Å². The Morgan fingerprint density at radius 3 is 2.51 bits per heavy atom. The molecule has 0 fully saturated rings. The number of amides is 1. The molecule has 4 rings (SSSR count). The third-order valence-corrected chi connectivity index (χ3v) is 5.36. The summed E-state index contributed by atoms with van der Waals surface area (Å²) in [4.78, 5) is 25.3. The Hall–Kier alpha value is -4.46. The second-order valence-corrected chi connectivity index (χ2v) is 7.72. The van der Waals surface area contributed by atoms with Crippen LogP contribution in [0.1, 0.15) is 21.5 Å². The third-order valence-electron chi connectivity index (χ3n) is 5.36. The number of ether oxygens (including phenoxy) is 5. The fraction of sp³-hybridized carbons (Fsp3) is 0.185. The van der Waals surface area contributed by atoms with Crippen LogP contribution in [0.25, 0.3) is 6.08 Å². The van der Waals surface area contributed by atoms with Crippen molar-refractivity contribution < 1.29 is 33.3 Å². The summed E-state index contributed by atoms with van der Waals surface area (Å²) in [7, 11) is 4.61. The van der Waals surface area contributed by atoms with Gasteiger partial charge in [0.05, 0.1) is 32.6 Å². The van der Waals surface area contributed by atoms with Gasteiger partial charge >= 0.3 is 0 Å². The van der Waals surface area contributed by atoms with E-state index in [9.17, 15) is 9.59 Å². The zero-order chi connectivity index (χ0) is 24.9. The molecule has 0 saturated heterocycles. The average Bonchev–Trinajstić information content (AvgIpc) is 3.17. The van der Waals surface area contributed by atoms with Gasteiger partial charge in [0.15, 0.2) is 23.9 Å². The molecule has 0 radical (unpaired) electrons. The number of anilines is 1. The minimum absolute atomic E-state index is 0.146. The average molecular weight is 475 g/mol. The molecule has 1 aliphatic heterocycles. The Labute approximate surface area is 203 Å². The van der Waals surface area contributed by atoms with E-state index in [-0.39, 0.29) is 24.1 Å². The lowest BCUT2D eigenvalue weighted by molar-refractivity contribution is -0.118. The molecule has 3 aromatic carbocycles. The Bertz CT molecular complexity index is 1310. The molecule has 8 heteroatoms. The van der Waals surface area contributed by atoms with Gasteiger partial charge < -0.3 is 29.0 Å². The van der Waals surface area contributed by atoms with Crippen molar-refractivity contribution in [2.24, 2.45) is 0 Å². The number of fused-ring (bicyclic) bond motifs is 1. The molecule has 1 amide bonds. The van der Waals surface area contributed by atoms with E-state index in [4.69, 9.17) is 23.7 Å². The number of Topliss-reactive ketones (excluding diaryl/α,β-unsaturated/α-hetero) is 1. The molecule has 1 aliphatic rings. The smallest absolute Gasteiger partial charge is 0.262 e. The lowest BCUT2D eigenvalue weighted by Gasteiger charge is -2.12. The second-order valence-electron chi connectivity index (χ2n) is 7.72. The fourth-order valence-electron chi connectivity index (χ4n) is 3.68. The van der Waals surface area contributed by atoms with Gasteiger partial charge in [-0.25, -0.2) is 0 Å². The zero-order valence-corrected chi connectivity index (χ0v) is 19.8. The molecular formula is C27H25NO7. The molecule has 0 unspecified atom stereocenters. The van der Waals surface area contributed by atoms with Crippen LogP contribution < -0.4 is 29.0 Å². The number of rotatable bonds is 8. The minimum atomic E-state index is -0.350. The van der Waals surface area contributed by atoms with Crippen LogP contribution in [-0.2, 0) is 4.79 Å². The summed E-state index contributed by atoms with van der Waals surface area (Å²) >= 11 is 0. The highest BCUT2D eigenvalue weighted by atomic mass is 16.5. The molecule has 0 aromatic heterocycles. The minimum Gasteiger partial charge on any atom is -0.495 e. The third kappa shape index (κ3) is 5.06. The van der Waals surface area contributed by atoms with Crippen LogP contribution in [0.3, 0.4) is 0 Å². The van der Waals surface area contributed by atoms with Crippen LogP contribution in [0, 0.1) is 6.92 Å². The molecule has 0 spiro atoms. The maximum atomic E-state index is 12.8. The van der Waals surface area contributed by atoms with E-state index >= 15 is 0 Å². The summed E-state index contributed by atoms with van der Waals surface area (Å²) in [6, 6.07) is 15.7. The molecule has 8 nitrogen and oxygen atoms in total. The number of hydrogen-bond donors (Lipinski definition) is 1. The van der Waals surface area contributed by atoms with Crippen molar-refractivity contribution in [3.8, 4) is 28.7 Å². The van der Waals surface area contributed by atoms with Crippen LogP contribution in [0.2, 0.25) is 0 Å². The first-order valence-electron chi connectivity index (χ1n) is 10.8. The molecule has 3 aromatic rings. The number of allylic oxidation sites excluding steroid dienone is 1. The van der Waals surface area contributed by atoms with Gasteiger partial charge in [0.25, 0.3) is 5.91 Å². The Balaban J connectivity index is 1.46. The van der Waals surface area contributed by atoms with E-state index < -0.39 is 0 Å². The van der Waals surface area contributed by atoms with Gasteiger partial charge in [-0.1, -0.05) is 18.2 Å². The monoisotopic (exact) mass is 475 g/mol. The van der Waals surface area contributed by atoms with Crippen molar-refractivity contribution in [3.05, 3.63) is 77.0 Å². The molecule has 180 valence electrons. The molecule has 0 bridgehead atoms. The van der Waals surface area contributed by atoms with Crippen LogP contribution in [0.4, 0.5) is 5.69 Å². The number of para-hydroxylation sites is 1. The number of ketones is 1. The van der Waals surface area contributed by atoms with Gasteiger partial charge in [0.2, 0.25) is 5.78 Å². The van der Waals surface area contributed by atoms with Crippen molar-refractivity contribution in [1.29, 1.82) is 0 Å². The summed E-state index contributed by atoms with van der Waals surface area (Å²) in [6.07, 6.45) is 1.60. The summed E-state index contributed by atoms with van der Waals surface area (Å²) in [5.74, 6) is 1.87. The molecule has 0 aliphatic carbocycles. The number of hydrogen-bond acceptors (Lipinski definition) is 7. The van der Waals surface area contributed by atoms with E-state index in [1.54, 1.807) is 55.7 Å². The standard InChI is InChI=1S/C27H25NO7/c1-16-8-11-21(31-2)20(12-16)28-25(29)15-34-18-9-10-19-23(14-18)35-24(26(19)30)13-17-6-5-7-22(32-3)27(17)33-4/h5-14H,15H2,1-4H3,(H,28,29)/b24-13+. The number of carbonyl (C=O) groups is 2. The first-order valence-corrected chi connectivity index (χ1v) is 10.8. The topological polar surface area (TPSA) is 92.3 Å². The van der Waals surface area contributed by atoms with E-state index in [2.05, 4.69) is 5.32 Å². The van der Waals surface area contributed by atoms with E-state index in [0.29, 0.717) is 45.6 Å². The Morgan fingerprint density at radius 2 is 1.77 bits per heavy atom. The van der Waals surface area contributed by atoms with Crippen molar-refractivity contribution in [3.63, 3.8) is 0 Å². The van der Waals surface area contributed by atoms with Crippen LogP contribution in [0.15, 0.2) is 60.4 Å². The number of aryl methyl sites for hydroxylation is 1. The van der Waals surface area contributed by atoms with Gasteiger partial charge in [-0.15, -0.1) is 0 Å². The summed E-state index contributed by atoms with van der Waals surface area (Å²) in [5, 5.41) is 2.78. The van der Waals surface area contributed by atoms with Crippen molar-refractivity contribution in [2.75, 3.05) is 33.3 Å². The van der Waals surface area contributed by atoms with E-state index in [0.717, 1.165) is 5.56 Å². The molecule has 0 atom stereocenters. The fourth-order valence-corrected chi connectivity index (χ4v) is 3.68. The number of benzene rings is 3. The maximum Gasteiger partial charge on any atom is 0.262 e. The normalized spacial score (nSPS) is 13.1. The van der Waals surface area contributed by atoms with Crippen LogP contribution >= 0.6 is 0 Å². The van der Waals surface area contributed by atoms with Gasteiger partial charge in [-0.2, -0.15) is 0 Å². The second kappa shape index (κ2) is 10.2. The van der Waals surface area contributed by atoms with Crippen molar-refractivity contribution in [2.45, 2.75) is 6.92 Å². The molecule has 1 heterocycles. The predicted octanol–water partition coefficient (Wildman–Crippen LogP) is 4.65. The predicted molar refractivity (Wildman–Crippen MR) is 131 cm³/mol. The highest BCUT2D eigenvalue weighted by Crippen LogP contribution is 2.37. The highest BCUT2D eigenvalue weighted by molar-refractivity contribution is 6.14. The number of carbonyl (C=O) groups excluding carboxylic acids is 2. The van der Waals surface area contributed by atoms with Crippen molar-refractivity contribution in [1.82, 2.24) is 0 Å². The Morgan fingerprint density at radius 1 is 0.971 bits per heavy atom. The van der Waals surface area contributed by atoms with Gasteiger partial charge in [-0.3, -0.25) is 9.59 Å². The van der Waals surface area contributed by atoms with Crippen LogP contribution in [-0.4, -0.2) is 39.6 Å². The molecule has 0 saturated carbocycles. The van der Waals surface area contributed by atoms with Gasteiger partial charge in [-0.05, 0) is 48.9 Å².